The fourth-order valence-electron chi connectivity index (χ4n) is 1.84. The Labute approximate surface area is 103 Å². The summed E-state index contributed by atoms with van der Waals surface area (Å²) in [6.45, 7) is 4.07. The zero-order chi connectivity index (χ0) is 11.9. The Balaban J connectivity index is 2.48. The van der Waals surface area contributed by atoms with Gasteiger partial charge in [-0.3, -0.25) is 0 Å². The molecule has 1 aromatic carbocycles. The minimum atomic E-state index is -0.909. The third kappa shape index (κ3) is 2.07. The molecule has 0 fully saturated rings. The number of ether oxygens (including phenoxy) is 1. The fourth-order valence-corrected chi connectivity index (χ4v) is 2.42. The number of carbonyl (C=O) groups is 1. The molecular weight excluding hydrogens is 272 g/mol. The molecule has 1 aromatic rings. The first-order valence-corrected chi connectivity index (χ1v) is 5.93. The van der Waals surface area contributed by atoms with Gasteiger partial charge in [-0.2, -0.15) is 0 Å². The molecule has 0 atom stereocenters. The van der Waals surface area contributed by atoms with Crippen LogP contribution in [0.5, 0.6) is 5.75 Å². The molecule has 0 aliphatic carbocycles. The lowest BCUT2D eigenvalue weighted by Crippen LogP contribution is -2.32. The maximum absolute atomic E-state index is 10.9. The highest BCUT2D eigenvalue weighted by Gasteiger charge is 2.28. The zero-order valence-corrected chi connectivity index (χ0v) is 10.8. The standard InChI is InChI=1S/C12H13BrO3/c1-12(2)4-3-7-5-8(11(14)15)6-9(13)10(7)16-12/h5-6H,3-4H2,1-2H3,(H,14,15). The number of rotatable bonds is 1. The number of hydrogen-bond acceptors (Lipinski definition) is 2. The second-order valence-electron chi connectivity index (χ2n) is 4.61. The van der Waals surface area contributed by atoms with E-state index in [0.29, 0.717) is 5.56 Å². The second-order valence-corrected chi connectivity index (χ2v) is 5.47. The van der Waals surface area contributed by atoms with E-state index in [1.54, 1.807) is 12.1 Å². The molecule has 0 saturated heterocycles. The van der Waals surface area contributed by atoms with Gasteiger partial charge in [0, 0.05) is 0 Å². The van der Waals surface area contributed by atoms with Crippen molar-refractivity contribution in [2.75, 3.05) is 0 Å². The quantitative estimate of drug-likeness (QED) is 0.861. The van der Waals surface area contributed by atoms with Crippen molar-refractivity contribution in [3.63, 3.8) is 0 Å². The molecule has 0 bridgehead atoms. The van der Waals surface area contributed by atoms with Gasteiger partial charge in [0.25, 0.3) is 0 Å². The number of aromatic carboxylic acids is 1. The van der Waals surface area contributed by atoms with Crippen LogP contribution in [0.2, 0.25) is 0 Å². The smallest absolute Gasteiger partial charge is 0.335 e. The molecule has 16 heavy (non-hydrogen) atoms. The van der Waals surface area contributed by atoms with Crippen LogP contribution in [-0.4, -0.2) is 16.7 Å². The fraction of sp³-hybridized carbons (Fsp3) is 0.417. The van der Waals surface area contributed by atoms with Crippen molar-refractivity contribution in [2.45, 2.75) is 32.3 Å². The van der Waals surface area contributed by atoms with E-state index >= 15 is 0 Å². The summed E-state index contributed by atoms with van der Waals surface area (Å²) >= 11 is 3.36. The highest BCUT2D eigenvalue weighted by Crippen LogP contribution is 2.39. The Kier molecular flexibility index (Phi) is 2.70. The lowest BCUT2D eigenvalue weighted by Gasteiger charge is -2.33. The van der Waals surface area contributed by atoms with Crippen LogP contribution in [-0.2, 0) is 6.42 Å². The average molecular weight is 285 g/mol. The molecule has 1 aliphatic heterocycles. The van der Waals surface area contributed by atoms with Crippen molar-refractivity contribution >= 4 is 21.9 Å². The number of hydrogen-bond donors (Lipinski definition) is 1. The second kappa shape index (κ2) is 3.77. The highest BCUT2D eigenvalue weighted by atomic mass is 79.9. The molecule has 4 heteroatoms. The molecule has 0 aromatic heterocycles. The first kappa shape index (κ1) is 11.5. The molecular formula is C12H13BrO3. The van der Waals surface area contributed by atoms with Crippen LogP contribution < -0.4 is 4.74 Å². The number of carboxylic acid groups (broad SMARTS) is 1. The summed E-state index contributed by atoms with van der Waals surface area (Å²) in [6, 6.07) is 3.28. The molecule has 86 valence electrons. The number of carboxylic acids is 1. The van der Waals surface area contributed by atoms with Crippen LogP contribution in [0.15, 0.2) is 16.6 Å². The Morgan fingerprint density at radius 2 is 2.19 bits per heavy atom. The van der Waals surface area contributed by atoms with E-state index in [-0.39, 0.29) is 5.60 Å². The molecule has 0 unspecified atom stereocenters. The average Bonchev–Trinajstić information content (AvgIpc) is 2.18. The molecule has 0 spiro atoms. The van der Waals surface area contributed by atoms with Gasteiger partial charge in [-0.1, -0.05) is 0 Å². The van der Waals surface area contributed by atoms with E-state index in [1.807, 2.05) is 13.8 Å². The lowest BCUT2D eigenvalue weighted by atomic mass is 9.93. The van der Waals surface area contributed by atoms with Crippen molar-refractivity contribution in [3.8, 4) is 5.75 Å². The van der Waals surface area contributed by atoms with E-state index in [2.05, 4.69) is 15.9 Å². The SMILES string of the molecule is CC1(C)CCc2cc(C(=O)O)cc(Br)c2O1. The summed E-state index contributed by atoms with van der Waals surface area (Å²) in [5.41, 5.74) is 1.08. The van der Waals surface area contributed by atoms with Crippen molar-refractivity contribution in [3.05, 3.63) is 27.7 Å². The Morgan fingerprint density at radius 3 is 2.81 bits per heavy atom. The van der Waals surface area contributed by atoms with Gasteiger partial charge in [0.1, 0.15) is 11.4 Å². The van der Waals surface area contributed by atoms with Crippen LogP contribution in [0.1, 0.15) is 36.2 Å². The van der Waals surface area contributed by atoms with Gasteiger partial charge >= 0.3 is 5.97 Å². The van der Waals surface area contributed by atoms with E-state index in [9.17, 15) is 4.79 Å². The van der Waals surface area contributed by atoms with Crippen molar-refractivity contribution in [1.82, 2.24) is 0 Å². The van der Waals surface area contributed by atoms with E-state index in [4.69, 9.17) is 9.84 Å². The molecule has 1 heterocycles. The van der Waals surface area contributed by atoms with Crippen LogP contribution >= 0.6 is 15.9 Å². The van der Waals surface area contributed by atoms with Crippen molar-refractivity contribution < 1.29 is 14.6 Å². The third-order valence-corrected chi connectivity index (χ3v) is 3.33. The predicted octanol–water partition coefficient (Wildman–Crippen LogP) is 3.25. The normalized spacial score (nSPS) is 17.4. The van der Waals surface area contributed by atoms with Gasteiger partial charge in [-0.25, -0.2) is 4.79 Å². The molecule has 3 nitrogen and oxygen atoms in total. The van der Waals surface area contributed by atoms with Crippen LogP contribution in [0.25, 0.3) is 0 Å². The topological polar surface area (TPSA) is 46.5 Å². The van der Waals surface area contributed by atoms with Crippen LogP contribution in [0.3, 0.4) is 0 Å². The van der Waals surface area contributed by atoms with Gasteiger partial charge in [-0.05, 0) is 60.3 Å². The number of fused-ring (bicyclic) bond motifs is 1. The molecule has 1 aliphatic rings. The van der Waals surface area contributed by atoms with Gasteiger partial charge in [-0.15, -0.1) is 0 Å². The van der Waals surface area contributed by atoms with Crippen LogP contribution in [0.4, 0.5) is 0 Å². The van der Waals surface area contributed by atoms with Crippen LogP contribution in [0, 0.1) is 0 Å². The van der Waals surface area contributed by atoms with Crippen molar-refractivity contribution in [1.29, 1.82) is 0 Å². The van der Waals surface area contributed by atoms with Crippen molar-refractivity contribution in [2.24, 2.45) is 0 Å². The van der Waals surface area contributed by atoms with E-state index in [0.717, 1.165) is 28.6 Å². The predicted molar refractivity (Wildman–Crippen MR) is 64.1 cm³/mol. The maximum Gasteiger partial charge on any atom is 0.335 e. The summed E-state index contributed by atoms with van der Waals surface area (Å²) < 4.78 is 6.56. The minimum absolute atomic E-state index is 0.180. The first-order chi connectivity index (χ1) is 7.39. The minimum Gasteiger partial charge on any atom is -0.486 e. The Morgan fingerprint density at radius 1 is 1.50 bits per heavy atom. The Bertz CT molecular complexity index is 452. The van der Waals surface area contributed by atoms with E-state index in [1.165, 1.54) is 0 Å². The number of aryl methyl sites for hydroxylation is 1. The molecule has 0 amide bonds. The van der Waals surface area contributed by atoms with Gasteiger partial charge in [0.15, 0.2) is 0 Å². The first-order valence-electron chi connectivity index (χ1n) is 5.14. The summed E-state index contributed by atoms with van der Waals surface area (Å²) in [7, 11) is 0. The van der Waals surface area contributed by atoms with E-state index < -0.39 is 5.97 Å². The van der Waals surface area contributed by atoms with Gasteiger partial charge in [0.2, 0.25) is 0 Å². The Hall–Kier alpha value is -1.03. The van der Waals surface area contributed by atoms with Gasteiger partial charge in [0.05, 0.1) is 10.0 Å². The number of halogens is 1. The molecule has 1 N–H and O–H groups in total. The summed E-state index contributed by atoms with van der Waals surface area (Å²) in [4.78, 5) is 10.9. The molecule has 0 saturated carbocycles. The maximum atomic E-state index is 10.9. The monoisotopic (exact) mass is 284 g/mol. The summed E-state index contributed by atoms with van der Waals surface area (Å²) in [6.07, 6.45) is 1.75. The van der Waals surface area contributed by atoms with Gasteiger partial charge < -0.3 is 9.84 Å². The summed E-state index contributed by atoms with van der Waals surface area (Å²) in [5, 5.41) is 8.95. The molecule has 0 radical (unpaired) electrons. The summed E-state index contributed by atoms with van der Waals surface area (Å²) in [5.74, 6) is -0.130. The number of benzene rings is 1. The highest BCUT2D eigenvalue weighted by molar-refractivity contribution is 9.10. The lowest BCUT2D eigenvalue weighted by molar-refractivity contribution is 0.0695. The largest absolute Gasteiger partial charge is 0.486 e. The zero-order valence-electron chi connectivity index (χ0n) is 9.21. The molecule has 2 rings (SSSR count). The third-order valence-electron chi connectivity index (χ3n) is 2.74.